The van der Waals surface area contributed by atoms with Gasteiger partial charge in [0.05, 0.1) is 13.2 Å². The molecule has 2 nitrogen and oxygen atoms in total. The molecule has 2 aromatic rings. The number of halogens is 2. The molecule has 0 amide bonds. The fourth-order valence-corrected chi connectivity index (χ4v) is 2.13. The van der Waals surface area contributed by atoms with E-state index in [9.17, 15) is 0 Å². The van der Waals surface area contributed by atoms with E-state index in [1.807, 2.05) is 60.7 Å². The van der Waals surface area contributed by atoms with Crippen LogP contribution in [0, 0.1) is 0 Å². The van der Waals surface area contributed by atoms with Crippen molar-refractivity contribution in [1.29, 1.82) is 0 Å². The Morgan fingerprint density at radius 1 is 0.792 bits per heavy atom. The highest BCUT2D eigenvalue weighted by molar-refractivity contribution is 8.93. The summed E-state index contributed by atoms with van der Waals surface area (Å²) in [6.45, 7) is 6.16. The molecule has 0 bridgehead atoms. The van der Waals surface area contributed by atoms with Gasteiger partial charge in [0, 0.05) is 6.16 Å². The molecule has 0 spiro atoms. The van der Waals surface area contributed by atoms with Crippen LogP contribution in [-0.4, -0.2) is 38.9 Å². The van der Waals surface area contributed by atoms with Crippen molar-refractivity contribution in [3.8, 4) is 11.5 Å². The molecule has 0 saturated heterocycles. The minimum Gasteiger partial charge on any atom is -0.493 e. The second kappa shape index (κ2) is 17.5. The first-order valence-electron chi connectivity index (χ1n) is 7.43. The maximum absolute atomic E-state index is 5.53. The number of para-hydroxylation sites is 2. The number of benzene rings is 2. The van der Waals surface area contributed by atoms with Crippen LogP contribution in [0.4, 0.5) is 0 Å². The molecule has 136 valence electrons. The first-order chi connectivity index (χ1) is 10.7. The van der Waals surface area contributed by atoms with Crippen LogP contribution in [-0.2, 0) is 0 Å². The lowest BCUT2D eigenvalue weighted by Crippen LogP contribution is -2.00. The molecule has 0 aliphatic carbocycles. The fourth-order valence-electron chi connectivity index (χ4n) is 1.56. The quantitative estimate of drug-likeness (QED) is 0.497. The molecule has 0 aliphatic heterocycles. The molecule has 24 heavy (non-hydrogen) atoms. The largest absolute Gasteiger partial charge is 0.493 e. The average molecular weight is 454 g/mol. The first kappa shape index (κ1) is 25.9. The molecule has 2 rings (SSSR count). The molecule has 0 saturated carbocycles. The van der Waals surface area contributed by atoms with Crippen molar-refractivity contribution in [2.45, 2.75) is 0 Å². The molecular formula is C18H28BrClO2P2. The van der Waals surface area contributed by atoms with E-state index in [0.717, 1.165) is 30.9 Å². The molecule has 0 N–H and O–H groups in total. The summed E-state index contributed by atoms with van der Waals surface area (Å²) in [6.07, 6.45) is 2.17. The molecule has 0 aromatic heterocycles. The van der Waals surface area contributed by atoms with Gasteiger partial charge >= 0.3 is 0 Å². The van der Waals surface area contributed by atoms with Gasteiger partial charge in [0.25, 0.3) is 0 Å². The van der Waals surface area contributed by atoms with Crippen molar-refractivity contribution < 1.29 is 9.47 Å². The maximum Gasteiger partial charge on any atom is 0.119 e. The monoisotopic (exact) mass is 452 g/mol. The molecule has 1 atom stereocenters. The fraction of sp³-hybridized carbons (Fsp3) is 0.333. The van der Waals surface area contributed by atoms with Gasteiger partial charge in [-0.2, -0.15) is 0 Å². The summed E-state index contributed by atoms with van der Waals surface area (Å²) in [4.78, 5) is 0. The lowest BCUT2D eigenvalue weighted by Gasteiger charge is -2.07. The lowest BCUT2D eigenvalue weighted by molar-refractivity contribution is 0.343. The van der Waals surface area contributed by atoms with Crippen molar-refractivity contribution in [3.05, 3.63) is 60.7 Å². The smallest absolute Gasteiger partial charge is 0.119 e. The van der Waals surface area contributed by atoms with Crippen molar-refractivity contribution in [1.82, 2.24) is 0 Å². The Kier molecular flexibility index (Phi) is 18.9. The van der Waals surface area contributed by atoms with Gasteiger partial charge in [-0.05, 0) is 43.8 Å². The van der Waals surface area contributed by atoms with E-state index in [1.54, 1.807) is 0 Å². The van der Waals surface area contributed by atoms with Crippen molar-refractivity contribution >= 4 is 46.5 Å². The van der Waals surface area contributed by atoms with Crippen molar-refractivity contribution in [2.75, 3.05) is 38.9 Å². The van der Waals surface area contributed by atoms with E-state index < -0.39 is 0 Å². The van der Waals surface area contributed by atoms with Crippen LogP contribution >= 0.6 is 46.5 Å². The SMILES string of the molecule is Br.CP(C)CCOc1ccccc1.Cl.PCCOc1ccccc1. The van der Waals surface area contributed by atoms with Gasteiger partial charge in [-0.1, -0.05) is 36.4 Å². The van der Waals surface area contributed by atoms with Crippen LogP contribution in [0.5, 0.6) is 11.5 Å². The van der Waals surface area contributed by atoms with Gasteiger partial charge in [0.1, 0.15) is 11.5 Å². The van der Waals surface area contributed by atoms with Crippen molar-refractivity contribution in [2.24, 2.45) is 0 Å². The molecule has 0 fully saturated rings. The summed E-state index contributed by atoms with van der Waals surface area (Å²) in [5.41, 5.74) is 0. The topological polar surface area (TPSA) is 18.5 Å². The van der Waals surface area contributed by atoms with Crippen LogP contribution in [0.3, 0.4) is 0 Å². The normalized spacial score (nSPS) is 9.00. The number of ether oxygens (including phenoxy) is 2. The lowest BCUT2D eigenvalue weighted by atomic mass is 10.3. The standard InChI is InChI=1S/C10H15OP.C8H11OP.BrH.ClH/c1-12(2)9-8-11-10-6-4-3-5-7-10;10-7-6-9-8-4-2-1-3-5-8;;/h3-7H,8-9H2,1-2H3;1-5H,6-7,10H2;2*1H. The Bertz CT molecular complexity index is 487. The highest BCUT2D eigenvalue weighted by atomic mass is 79.9. The Balaban J connectivity index is 0. The maximum atomic E-state index is 5.53. The summed E-state index contributed by atoms with van der Waals surface area (Å²) in [7, 11) is 2.80. The molecule has 0 radical (unpaired) electrons. The first-order valence-corrected chi connectivity index (χ1v) is 10.7. The Labute approximate surface area is 166 Å². The van der Waals surface area contributed by atoms with Gasteiger partial charge in [-0.15, -0.1) is 46.5 Å². The van der Waals surface area contributed by atoms with E-state index in [1.165, 1.54) is 6.16 Å². The summed E-state index contributed by atoms with van der Waals surface area (Å²) >= 11 is 0. The van der Waals surface area contributed by atoms with Crippen LogP contribution < -0.4 is 9.47 Å². The number of hydrogen-bond acceptors (Lipinski definition) is 2. The summed E-state index contributed by atoms with van der Waals surface area (Å²) in [5.74, 6) is 1.93. The highest BCUT2D eigenvalue weighted by Gasteiger charge is 1.93. The van der Waals surface area contributed by atoms with E-state index >= 15 is 0 Å². The number of hydrogen-bond donors (Lipinski definition) is 0. The average Bonchev–Trinajstić information content (AvgIpc) is 2.55. The second-order valence-corrected chi connectivity index (χ2v) is 8.10. The third kappa shape index (κ3) is 14.1. The van der Waals surface area contributed by atoms with E-state index in [-0.39, 0.29) is 37.3 Å². The zero-order valence-corrected chi connectivity index (χ0v) is 18.8. The van der Waals surface area contributed by atoms with Gasteiger partial charge in [0.2, 0.25) is 0 Å². The van der Waals surface area contributed by atoms with Crippen LogP contribution in [0.15, 0.2) is 60.7 Å². The summed E-state index contributed by atoms with van der Waals surface area (Å²) < 4.78 is 10.9. The zero-order chi connectivity index (χ0) is 16.0. The second-order valence-electron chi connectivity index (χ2n) is 4.91. The molecule has 1 unspecified atom stereocenters. The van der Waals surface area contributed by atoms with Crippen molar-refractivity contribution in [3.63, 3.8) is 0 Å². The van der Waals surface area contributed by atoms with Crippen LogP contribution in [0.1, 0.15) is 0 Å². The molecule has 0 aliphatic rings. The Morgan fingerprint density at radius 2 is 1.21 bits per heavy atom. The summed E-state index contributed by atoms with van der Waals surface area (Å²) in [5, 5.41) is 0. The van der Waals surface area contributed by atoms with Gasteiger partial charge in [0.15, 0.2) is 0 Å². The third-order valence-electron chi connectivity index (χ3n) is 2.68. The van der Waals surface area contributed by atoms with Gasteiger partial charge in [-0.25, -0.2) is 0 Å². The van der Waals surface area contributed by atoms with Gasteiger partial charge < -0.3 is 9.47 Å². The van der Waals surface area contributed by atoms with Gasteiger partial charge in [-0.3, -0.25) is 0 Å². The molecule has 2 aromatic carbocycles. The minimum atomic E-state index is 0. The number of rotatable bonds is 7. The highest BCUT2D eigenvalue weighted by Crippen LogP contribution is 2.23. The molecule has 0 heterocycles. The van der Waals surface area contributed by atoms with E-state index in [0.29, 0.717) is 0 Å². The predicted octanol–water partition coefficient (Wildman–Crippen LogP) is 5.75. The summed E-state index contributed by atoms with van der Waals surface area (Å²) in [6, 6.07) is 19.8. The molecular weight excluding hydrogens is 426 g/mol. The third-order valence-corrected chi connectivity index (χ3v) is 3.99. The predicted molar refractivity (Wildman–Crippen MR) is 120 cm³/mol. The Hall–Kier alpha value is -0.330. The minimum absolute atomic E-state index is 0. The Morgan fingerprint density at radius 3 is 1.58 bits per heavy atom. The van der Waals surface area contributed by atoms with Crippen LogP contribution in [0.25, 0.3) is 0 Å². The zero-order valence-electron chi connectivity index (χ0n) is 14.3. The van der Waals surface area contributed by atoms with E-state index in [2.05, 4.69) is 22.6 Å². The van der Waals surface area contributed by atoms with E-state index in [4.69, 9.17) is 9.47 Å². The van der Waals surface area contributed by atoms with Crippen LogP contribution in [0.2, 0.25) is 0 Å². The molecule has 6 heteroatoms.